The summed E-state index contributed by atoms with van der Waals surface area (Å²) in [5, 5.41) is 3.35. The van der Waals surface area contributed by atoms with Crippen LogP contribution in [0.4, 0.5) is 0 Å². The lowest BCUT2D eigenvalue weighted by atomic mass is 10.1. The lowest BCUT2D eigenvalue weighted by Crippen LogP contribution is -2.14. The van der Waals surface area contributed by atoms with Crippen LogP contribution in [0.3, 0.4) is 0 Å². The molecule has 1 aromatic heterocycles. The summed E-state index contributed by atoms with van der Waals surface area (Å²) in [4.78, 5) is 4.35. The largest absolute Gasteiger partial charge is 0.486 e. The maximum Gasteiger partial charge on any atom is 0.123 e. The molecular weight excluding hydrogens is 248 g/mol. The van der Waals surface area contributed by atoms with E-state index in [-0.39, 0.29) is 6.10 Å². The Hall–Kier alpha value is -1.87. The van der Waals surface area contributed by atoms with E-state index in [4.69, 9.17) is 4.74 Å². The molecule has 2 rings (SSSR count). The van der Waals surface area contributed by atoms with E-state index in [9.17, 15) is 0 Å². The summed E-state index contributed by atoms with van der Waals surface area (Å²) >= 11 is 0. The van der Waals surface area contributed by atoms with E-state index in [0.29, 0.717) is 0 Å². The molecule has 20 heavy (non-hydrogen) atoms. The molecule has 1 aromatic carbocycles. The maximum absolute atomic E-state index is 5.98. The molecule has 2 aromatic rings. The zero-order valence-electron chi connectivity index (χ0n) is 12.2. The molecule has 1 unspecified atom stereocenters. The van der Waals surface area contributed by atoms with Gasteiger partial charge in [0, 0.05) is 18.8 Å². The Kier molecular flexibility index (Phi) is 5.56. The van der Waals surface area contributed by atoms with Crippen molar-refractivity contribution in [3.8, 4) is 5.75 Å². The van der Waals surface area contributed by atoms with Gasteiger partial charge in [-0.1, -0.05) is 37.3 Å². The van der Waals surface area contributed by atoms with Crippen LogP contribution in [0.2, 0.25) is 0 Å². The highest BCUT2D eigenvalue weighted by Gasteiger charge is 2.07. The summed E-state index contributed by atoms with van der Waals surface area (Å²) in [6.07, 6.45) is 2.96. The first kappa shape index (κ1) is 14.5. The normalized spacial score (nSPS) is 12.1. The van der Waals surface area contributed by atoms with Gasteiger partial charge < -0.3 is 10.1 Å². The lowest BCUT2D eigenvalue weighted by molar-refractivity contribution is 0.226. The topological polar surface area (TPSA) is 34.1 Å². The van der Waals surface area contributed by atoms with Gasteiger partial charge in [0.2, 0.25) is 0 Å². The molecule has 0 aliphatic rings. The summed E-state index contributed by atoms with van der Waals surface area (Å²) in [7, 11) is 0. The van der Waals surface area contributed by atoms with Crippen LogP contribution in [-0.2, 0) is 6.54 Å². The minimum absolute atomic E-state index is 0.0371. The zero-order valence-corrected chi connectivity index (χ0v) is 12.2. The third-order valence-electron chi connectivity index (χ3n) is 3.10. The van der Waals surface area contributed by atoms with Crippen LogP contribution in [0.25, 0.3) is 0 Å². The molecule has 0 saturated carbocycles. The monoisotopic (exact) mass is 270 g/mol. The standard InChI is InChI=1S/C17H22N2O/c1-3-10-18-13-16-12-17(9-11-19-16)20-14(2)15-7-5-4-6-8-15/h4-9,11-12,14,18H,3,10,13H2,1-2H3. The Morgan fingerprint density at radius 3 is 2.75 bits per heavy atom. The molecule has 106 valence electrons. The first-order chi connectivity index (χ1) is 9.79. The zero-order chi connectivity index (χ0) is 14.2. The smallest absolute Gasteiger partial charge is 0.123 e. The minimum Gasteiger partial charge on any atom is -0.486 e. The average molecular weight is 270 g/mol. The number of nitrogens with zero attached hydrogens (tertiary/aromatic N) is 1. The fourth-order valence-corrected chi connectivity index (χ4v) is 2.02. The fraction of sp³-hybridized carbons (Fsp3) is 0.353. The van der Waals surface area contributed by atoms with Crippen molar-refractivity contribution in [1.29, 1.82) is 0 Å². The highest BCUT2D eigenvalue weighted by molar-refractivity contribution is 5.25. The lowest BCUT2D eigenvalue weighted by Gasteiger charge is -2.15. The van der Waals surface area contributed by atoms with Crippen LogP contribution in [-0.4, -0.2) is 11.5 Å². The van der Waals surface area contributed by atoms with Crippen molar-refractivity contribution in [3.05, 3.63) is 59.9 Å². The van der Waals surface area contributed by atoms with Crippen molar-refractivity contribution in [2.24, 2.45) is 0 Å². The van der Waals surface area contributed by atoms with Crippen LogP contribution in [0.15, 0.2) is 48.7 Å². The summed E-state index contributed by atoms with van der Waals surface area (Å²) < 4.78 is 5.98. The number of hydrogen-bond donors (Lipinski definition) is 1. The van der Waals surface area contributed by atoms with E-state index in [1.807, 2.05) is 30.3 Å². The van der Waals surface area contributed by atoms with Gasteiger partial charge in [0.25, 0.3) is 0 Å². The van der Waals surface area contributed by atoms with E-state index in [2.05, 4.69) is 36.3 Å². The van der Waals surface area contributed by atoms with Crippen LogP contribution in [0, 0.1) is 0 Å². The van der Waals surface area contributed by atoms with Crippen molar-refractivity contribution < 1.29 is 4.74 Å². The number of pyridine rings is 1. The summed E-state index contributed by atoms with van der Waals surface area (Å²) in [6, 6.07) is 14.1. The Labute approximate surface area is 121 Å². The molecule has 0 saturated heterocycles. The molecule has 0 aliphatic carbocycles. The summed E-state index contributed by atoms with van der Waals surface area (Å²) in [5.74, 6) is 0.865. The second-order valence-corrected chi connectivity index (χ2v) is 4.83. The molecule has 1 N–H and O–H groups in total. The SMILES string of the molecule is CCCNCc1cc(OC(C)c2ccccc2)ccn1. The fourth-order valence-electron chi connectivity index (χ4n) is 2.02. The number of aromatic nitrogens is 1. The highest BCUT2D eigenvalue weighted by Crippen LogP contribution is 2.21. The first-order valence-electron chi connectivity index (χ1n) is 7.17. The van der Waals surface area contributed by atoms with Gasteiger partial charge in [0.1, 0.15) is 11.9 Å². The number of benzene rings is 1. The van der Waals surface area contributed by atoms with Gasteiger partial charge in [-0.15, -0.1) is 0 Å². The van der Waals surface area contributed by atoms with Gasteiger partial charge in [-0.25, -0.2) is 0 Å². The maximum atomic E-state index is 5.98. The van der Waals surface area contributed by atoms with E-state index in [1.165, 1.54) is 5.56 Å². The van der Waals surface area contributed by atoms with Crippen LogP contribution in [0.1, 0.15) is 37.6 Å². The second kappa shape index (κ2) is 7.65. The quantitative estimate of drug-likeness (QED) is 0.779. The minimum atomic E-state index is 0.0371. The number of nitrogens with one attached hydrogen (secondary N) is 1. The van der Waals surface area contributed by atoms with Gasteiger partial charge in [-0.05, 0) is 31.5 Å². The molecule has 0 amide bonds. The molecule has 0 fully saturated rings. The molecule has 3 nitrogen and oxygen atoms in total. The van der Waals surface area contributed by atoms with Crippen LogP contribution < -0.4 is 10.1 Å². The third kappa shape index (κ3) is 4.35. The predicted molar refractivity (Wildman–Crippen MR) is 81.7 cm³/mol. The highest BCUT2D eigenvalue weighted by atomic mass is 16.5. The number of ether oxygens (including phenoxy) is 1. The Bertz CT molecular complexity index is 513. The molecule has 1 atom stereocenters. The van der Waals surface area contributed by atoms with Crippen molar-refractivity contribution in [3.63, 3.8) is 0 Å². The molecule has 0 bridgehead atoms. The predicted octanol–water partition coefficient (Wildman–Crippen LogP) is 3.72. The van der Waals surface area contributed by atoms with Crippen molar-refractivity contribution in [2.45, 2.75) is 32.9 Å². The Morgan fingerprint density at radius 2 is 2.00 bits per heavy atom. The van der Waals surface area contributed by atoms with Crippen LogP contribution in [0.5, 0.6) is 5.75 Å². The van der Waals surface area contributed by atoms with E-state index >= 15 is 0 Å². The van der Waals surface area contributed by atoms with Gasteiger partial charge in [-0.3, -0.25) is 4.98 Å². The molecule has 0 spiro atoms. The third-order valence-corrected chi connectivity index (χ3v) is 3.10. The number of rotatable bonds is 7. The van der Waals surface area contributed by atoms with E-state index in [1.54, 1.807) is 6.20 Å². The molecule has 1 heterocycles. The van der Waals surface area contributed by atoms with Gasteiger partial charge >= 0.3 is 0 Å². The summed E-state index contributed by atoms with van der Waals surface area (Å²) in [5.41, 5.74) is 2.19. The Morgan fingerprint density at radius 1 is 1.20 bits per heavy atom. The van der Waals surface area contributed by atoms with Crippen molar-refractivity contribution >= 4 is 0 Å². The van der Waals surface area contributed by atoms with Crippen molar-refractivity contribution in [1.82, 2.24) is 10.3 Å². The van der Waals surface area contributed by atoms with Gasteiger partial charge in [-0.2, -0.15) is 0 Å². The molecule has 0 aliphatic heterocycles. The van der Waals surface area contributed by atoms with Gasteiger partial charge in [0.15, 0.2) is 0 Å². The van der Waals surface area contributed by atoms with E-state index < -0.39 is 0 Å². The molecule has 0 radical (unpaired) electrons. The average Bonchev–Trinajstić information content (AvgIpc) is 2.49. The molecular formula is C17H22N2O. The molecule has 3 heteroatoms. The van der Waals surface area contributed by atoms with Crippen molar-refractivity contribution in [2.75, 3.05) is 6.54 Å². The summed E-state index contributed by atoms with van der Waals surface area (Å²) in [6.45, 7) is 6.00. The number of hydrogen-bond acceptors (Lipinski definition) is 3. The van der Waals surface area contributed by atoms with E-state index in [0.717, 1.165) is 31.0 Å². The first-order valence-corrected chi connectivity index (χ1v) is 7.17. The Balaban J connectivity index is 1.97. The second-order valence-electron chi connectivity index (χ2n) is 4.83. The van der Waals surface area contributed by atoms with Crippen LogP contribution >= 0.6 is 0 Å². The van der Waals surface area contributed by atoms with Gasteiger partial charge in [0.05, 0.1) is 5.69 Å².